The van der Waals surface area contributed by atoms with E-state index >= 15 is 0 Å². The fourth-order valence-electron chi connectivity index (χ4n) is 2.50. The zero-order chi connectivity index (χ0) is 16.2. The smallest absolute Gasteiger partial charge is 0.345 e. The number of nitrogens with zero attached hydrogens (tertiary/aromatic N) is 1. The lowest BCUT2D eigenvalue weighted by atomic mass is 10.1. The average Bonchev–Trinajstić information content (AvgIpc) is 2.55. The number of carbonyl (C=O) groups excluding carboxylic acids is 1. The summed E-state index contributed by atoms with van der Waals surface area (Å²) < 4.78 is 5.62. The van der Waals surface area contributed by atoms with E-state index in [1.807, 2.05) is 49.4 Å². The number of allylic oxidation sites excluding steroid dienone is 1. The van der Waals surface area contributed by atoms with Crippen LogP contribution >= 0.6 is 0 Å². The molecule has 3 rings (SSSR count). The summed E-state index contributed by atoms with van der Waals surface area (Å²) >= 11 is 0. The number of benzene rings is 2. The number of pyridine rings is 1. The zero-order valence-electron chi connectivity index (χ0n) is 13.0. The Kier molecular flexibility index (Phi) is 4.20. The van der Waals surface area contributed by atoms with Gasteiger partial charge in [0.1, 0.15) is 5.75 Å². The first-order valence-corrected chi connectivity index (χ1v) is 7.43. The second-order valence-electron chi connectivity index (χ2n) is 5.51. The van der Waals surface area contributed by atoms with Crippen molar-refractivity contribution in [1.82, 2.24) is 4.98 Å². The lowest BCUT2D eigenvalue weighted by Crippen LogP contribution is -2.11. The minimum atomic E-state index is -0.400. The van der Waals surface area contributed by atoms with Gasteiger partial charge in [0.2, 0.25) is 0 Å². The van der Waals surface area contributed by atoms with Crippen molar-refractivity contribution in [1.29, 1.82) is 0 Å². The van der Waals surface area contributed by atoms with Crippen LogP contribution in [0.25, 0.3) is 10.9 Å². The first-order valence-electron chi connectivity index (χ1n) is 7.43. The summed E-state index contributed by atoms with van der Waals surface area (Å²) in [6, 6.07) is 16.8. The SMILES string of the molecule is C=C(C)Cc1ccccc1OC(=O)c1cccc2cccnc12. The van der Waals surface area contributed by atoms with Crippen LogP contribution in [0.3, 0.4) is 0 Å². The van der Waals surface area contributed by atoms with E-state index in [-0.39, 0.29) is 0 Å². The Labute approximate surface area is 135 Å². The van der Waals surface area contributed by atoms with E-state index < -0.39 is 5.97 Å². The molecule has 0 saturated heterocycles. The maximum atomic E-state index is 12.6. The van der Waals surface area contributed by atoms with Gasteiger partial charge in [-0.15, -0.1) is 0 Å². The monoisotopic (exact) mass is 303 g/mol. The van der Waals surface area contributed by atoms with Crippen LogP contribution in [-0.4, -0.2) is 11.0 Å². The van der Waals surface area contributed by atoms with Crippen molar-refractivity contribution in [3.63, 3.8) is 0 Å². The molecule has 1 heterocycles. The normalized spacial score (nSPS) is 10.5. The Morgan fingerprint density at radius 2 is 1.87 bits per heavy atom. The largest absolute Gasteiger partial charge is 0.423 e. The molecule has 0 aliphatic heterocycles. The number of hydrogen-bond acceptors (Lipinski definition) is 3. The highest BCUT2D eigenvalue weighted by Crippen LogP contribution is 2.23. The highest BCUT2D eigenvalue weighted by molar-refractivity contribution is 6.03. The van der Waals surface area contributed by atoms with Crippen molar-refractivity contribution < 1.29 is 9.53 Å². The molecule has 0 N–H and O–H groups in total. The second-order valence-corrected chi connectivity index (χ2v) is 5.51. The van der Waals surface area contributed by atoms with E-state index in [0.717, 1.165) is 16.5 Å². The van der Waals surface area contributed by atoms with Crippen molar-refractivity contribution in [3.05, 3.63) is 84.1 Å². The standard InChI is InChI=1S/C20H17NO2/c1-14(2)13-16-7-3-4-11-18(16)23-20(22)17-10-5-8-15-9-6-12-21-19(15)17/h3-12H,1,13H2,2H3. The number of aromatic nitrogens is 1. The summed E-state index contributed by atoms with van der Waals surface area (Å²) in [6.45, 7) is 5.87. The number of carbonyl (C=O) groups is 1. The molecular formula is C20H17NO2. The summed E-state index contributed by atoms with van der Waals surface area (Å²) in [7, 11) is 0. The van der Waals surface area contributed by atoms with E-state index in [2.05, 4.69) is 11.6 Å². The van der Waals surface area contributed by atoms with Crippen LogP contribution in [0.1, 0.15) is 22.8 Å². The summed E-state index contributed by atoms with van der Waals surface area (Å²) in [5.41, 5.74) is 3.08. The van der Waals surface area contributed by atoms with Crippen LogP contribution < -0.4 is 4.74 Å². The Morgan fingerprint density at radius 3 is 2.70 bits per heavy atom. The predicted octanol–water partition coefficient (Wildman–Crippen LogP) is 4.57. The van der Waals surface area contributed by atoms with Gasteiger partial charge in [-0.1, -0.05) is 48.6 Å². The molecule has 0 radical (unpaired) electrons. The molecule has 23 heavy (non-hydrogen) atoms. The van der Waals surface area contributed by atoms with Crippen LogP contribution in [0.5, 0.6) is 5.75 Å². The minimum absolute atomic E-state index is 0.400. The average molecular weight is 303 g/mol. The molecule has 3 nitrogen and oxygen atoms in total. The lowest BCUT2D eigenvalue weighted by Gasteiger charge is -2.11. The molecule has 2 aromatic carbocycles. The van der Waals surface area contributed by atoms with Gasteiger partial charge in [0.05, 0.1) is 11.1 Å². The van der Waals surface area contributed by atoms with Gasteiger partial charge < -0.3 is 4.74 Å². The van der Waals surface area contributed by atoms with Crippen LogP contribution in [0, 0.1) is 0 Å². The molecule has 0 bridgehead atoms. The third kappa shape index (κ3) is 3.29. The quantitative estimate of drug-likeness (QED) is 0.402. The molecule has 0 fully saturated rings. The molecule has 0 spiro atoms. The van der Waals surface area contributed by atoms with Crippen LogP contribution in [0.2, 0.25) is 0 Å². The number of rotatable bonds is 4. The summed E-state index contributed by atoms with van der Waals surface area (Å²) in [4.78, 5) is 16.9. The van der Waals surface area contributed by atoms with Crippen molar-refractivity contribution in [3.8, 4) is 5.75 Å². The number of para-hydroxylation sites is 2. The second kappa shape index (κ2) is 6.44. The maximum Gasteiger partial charge on any atom is 0.345 e. The molecule has 0 atom stereocenters. The number of ether oxygens (including phenoxy) is 1. The molecule has 3 heteroatoms. The van der Waals surface area contributed by atoms with E-state index in [0.29, 0.717) is 23.3 Å². The van der Waals surface area contributed by atoms with Crippen LogP contribution in [0.15, 0.2) is 72.9 Å². The third-order valence-electron chi connectivity index (χ3n) is 3.52. The highest BCUT2D eigenvalue weighted by Gasteiger charge is 2.15. The van der Waals surface area contributed by atoms with E-state index in [9.17, 15) is 4.79 Å². The van der Waals surface area contributed by atoms with E-state index in [4.69, 9.17) is 4.74 Å². The Bertz CT molecular complexity index is 878. The van der Waals surface area contributed by atoms with Crippen molar-refractivity contribution in [2.75, 3.05) is 0 Å². The summed E-state index contributed by atoms with van der Waals surface area (Å²) in [5.74, 6) is 0.164. The first kappa shape index (κ1) is 15.0. The predicted molar refractivity (Wildman–Crippen MR) is 91.7 cm³/mol. The molecule has 0 aliphatic carbocycles. The van der Waals surface area contributed by atoms with Gasteiger partial charge in [0.25, 0.3) is 0 Å². The van der Waals surface area contributed by atoms with Crippen molar-refractivity contribution >= 4 is 16.9 Å². The Hall–Kier alpha value is -2.94. The van der Waals surface area contributed by atoms with Gasteiger partial charge in [-0.25, -0.2) is 4.79 Å². The molecule has 0 amide bonds. The minimum Gasteiger partial charge on any atom is -0.423 e. The summed E-state index contributed by atoms with van der Waals surface area (Å²) in [6.07, 6.45) is 2.35. The van der Waals surface area contributed by atoms with Crippen LogP contribution in [0.4, 0.5) is 0 Å². The Morgan fingerprint density at radius 1 is 1.09 bits per heavy atom. The molecule has 1 aromatic heterocycles. The Balaban J connectivity index is 1.94. The molecule has 0 aliphatic rings. The van der Waals surface area contributed by atoms with E-state index in [1.165, 1.54) is 0 Å². The highest BCUT2D eigenvalue weighted by atomic mass is 16.5. The third-order valence-corrected chi connectivity index (χ3v) is 3.52. The van der Waals surface area contributed by atoms with Gasteiger partial charge in [-0.05, 0) is 37.1 Å². The van der Waals surface area contributed by atoms with Gasteiger partial charge >= 0.3 is 5.97 Å². The van der Waals surface area contributed by atoms with Crippen molar-refractivity contribution in [2.45, 2.75) is 13.3 Å². The molecule has 0 unspecified atom stereocenters. The van der Waals surface area contributed by atoms with Gasteiger partial charge in [0, 0.05) is 11.6 Å². The lowest BCUT2D eigenvalue weighted by molar-refractivity contribution is 0.0735. The van der Waals surface area contributed by atoms with Crippen molar-refractivity contribution in [2.24, 2.45) is 0 Å². The molecular weight excluding hydrogens is 286 g/mol. The number of esters is 1. The van der Waals surface area contributed by atoms with Gasteiger partial charge in [-0.3, -0.25) is 4.98 Å². The van der Waals surface area contributed by atoms with Gasteiger partial charge in [-0.2, -0.15) is 0 Å². The molecule has 3 aromatic rings. The number of fused-ring (bicyclic) bond motifs is 1. The topological polar surface area (TPSA) is 39.2 Å². The van der Waals surface area contributed by atoms with Crippen LogP contribution in [-0.2, 0) is 6.42 Å². The number of hydrogen-bond donors (Lipinski definition) is 0. The van der Waals surface area contributed by atoms with E-state index in [1.54, 1.807) is 18.3 Å². The van der Waals surface area contributed by atoms with Gasteiger partial charge in [0.15, 0.2) is 0 Å². The molecule has 114 valence electrons. The first-order chi connectivity index (χ1) is 11.1. The zero-order valence-corrected chi connectivity index (χ0v) is 13.0. The molecule has 0 saturated carbocycles. The summed E-state index contributed by atoms with van der Waals surface area (Å²) in [5, 5.41) is 0.914. The fraction of sp³-hybridized carbons (Fsp3) is 0.100. The fourth-order valence-corrected chi connectivity index (χ4v) is 2.50. The maximum absolute atomic E-state index is 12.6.